The molecule has 27 heavy (non-hydrogen) atoms. The van der Waals surface area contributed by atoms with Gasteiger partial charge in [0.2, 0.25) is 5.88 Å². The number of nitrogens with zero attached hydrogens (tertiary/aromatic N) is 2. The minimum Gasteiger partial charge on any atom is -0.439 e. The molecule has 0 saturated heterocycles. The highest BCUT2D eigenvalue weighted by Gasteiger charge is 2.17. The molecular weight excluding hydrogens is 348 g/mol. The Labute approximate surface area is 155 Å². The number of anilines is 2. The van der Waals surface area contributed by atoms with E-state index in [4.69, 9.17) is 4.74 Å². The van der Waals surface area contributed by atoms with E-state index >= 15 is 0 Å². The Kier molecular flexibility index (Phi) is 5.27. The molecule has 1 heterocycles. The molecule has 0 fully saturated rings. The number of hydrogen-bond acceptors (Lipinski definition) is 6. The Balaban J connectivity index is 1.85. The van der Waals surface area contributed by atoms with E-state index in [1.807, 2.05) is 6.07 Å². The summed E-state index contributed by atoms with van der Waals surface area (Å²) in [6, 6.07) is 16.5. The lowest BCUT2D eigenvalue weighted by Gasteiger charge is -2.10. The van der Waals surface area contributed by atoms with E-state index in [1.165, 1.54) is 25.2 Å². The van der Waals surface area contributed by atoms with Crippen LogP contribution in [0.5, 0.6) is 11.6 Å². The summed E-state index contributed by atoms with van der Waals surface area (Å²) in [5.74, 6) is 0.578. The summed E-state index contributed by atoms with van der Waals surface area (Å²) in [5, 5.41) is 16.8. The van der Waals surface area contributed by atoms with Crippen molar-refractivity contribution in [2.45, 2.75) is 0 Å². The van der Waals surface area contributed by atoms with Crippen LogP contribution in [0.4, 0.5) is 17.1 Å². The van der Waals surface area contributed by atoms with Gasteiger partial charge >= 0.3 is 0 Å². The SMILES string of the molecule is CNC(=O)c1ccc(Nc2cccc(Oc3ccccn3)c2)c([N+](=O)[O-])c1. The van der Waals surface area contributed by atoms with Crippen LogP contribution in [0.3, 0.4) is 0 Å². The maximum atomic E-state index is 11.7. The van der Waals surface area contributed by atoms with Crippen molar-refractivity contribution in [1.29, 1.82) is 0 Å². The second-order valence-electron chi connectivity index (χ2n) is 5.49. The number of carbonyl (C=O) groups is 1. The van der Waals surface area contributed by atoms with Gasteiger partial charge < -0.3 is 15.4 Å². The maximum Gasteiger partial charge on any atom is 0.293 e. The van der Waals surface area contributed by atoms with Crippen LogP contribution in [0, 0.1) is 10.1 Å². The van der Waals surface area contributed by atoms with Crippen LogP contribution in [-0.4, -0.2) is 22.9 Å². The van der Waals surface area contributed by atoms with Crippen molar-refractivity contribution < 1.29 is 14.5 Å². The fraction of sp³-hybridized carbons (Fsp3) is 0.0526. The number of ether oxygens (including phenoxy) is 1. The van der Waals surface area contributed by atoms with Crippen molar-refractivity contribution in [3.8, 4) is 11.6 Å². The first kappa shape index (κ1) is 17.9. The predicted octanol–water partition coefficient (Wildman–Crippen LogP) is 3.89. The molecule has 8 heteroatoms. The van der Waals surface area contributed by atoms with Gasteiger partial charge in [-0.1, -0.05) is 12.1 Å². The van der Waals surface area contributed by atoms with Gasteiger partial charge in [-0.2, -0.15) is 0 Å². The summed E-state index contributed by atoms with van der Waals surface area (Å²) in [4.78, 5) is 26.6. The molecule has 0 unspecified atom stereocenters. The molecule has 2 aromatic carbocycles. The molecule has 0 aliphatic rings. The number of amides is 1. The summed E-state index contributed by atoms with van der Waals surface area (Å²) < 4.78 is 5.66. The van der Waals surface area contributed by atoms with E-state index in [0.717, 1.165) is 0 Å². The van der Waals surface area contributed by atoms with E-state index in [2.05, 4.69) is 15.6 Å². The van der Waals surface area contributed by atoms with Crippen LogP contribution in [0.2, 0.25) is 0 Å². The third kappa shape index (κ3) is 4.37. The smallest absolute Gasteiger partial charge is 0.293 e. The predicted molar refractivity (Wildman–Crippen MR) is 101 cm³/mol. The van der Waals surface area contributed by atoms with Gasteiger partial charge in [-0.05, 0) is 30.3 Å². The molecule has 136 valence electrons. The number of nitrogens with one attached hydrogen (secondary N) is 2. The molecule has 0 atom stereocenters. The third-order valence-corrected chi connectivity index (χ3v) is 3.66. The number of carbonyl (C=O) groups excluding carboxylic acids is 1. The van der Waals surface area contributed by atoms with Gasteiger partial charge in [0.05, 0.1) is 4.92 Å². The molecule has 0 bridgehead atoms. The molecule has 0 aliphatic carbocycles. The largest absolute Gasteiger partial charge is 0.439 e. The Bertz CT molecular complexity index is 976. The van der Waals surface area contributed by atoms with Crippen molar-refractivity contribution >= 4 is 23.0 Å². The van der Waals surface area contributed by atoms with E-state index in [-0.39, 0.29) is 16.9 Å². The Hall–Kier alpha value is -3.94. The Morgan fingerprint density at radius 1 is 1.11 bits per heavy atom. The van der Waals surface area contributed by atoms with Gasteiger partial charge in [0, 0.05) is 42.7 Å². The van der Waals surface area contributed by atoms with E-state index in [1.54, 1.807) is 42.6 Å². The summed E-state index contributed by atoms with van der Waals surface area (Å²) in [5.41, 5.74) is 0.871. The lowest BCUT2D eigenvalue weighted by Crippen LogP contribution is -2.17. The van der Waals surface area contributed by atoms with Gasteiger partial charge in [0.25, 0.3) is 11.6 Å². The van der Waals surface area contributed by atoms with Gasteiger partial charge in [0.1, 0.15) is 11.4 Å². The zero-order valence-electron chi connectivity index (χ0n) is 14.4. The topological polar surface area (TPSA) is 106 Å². The molecule has 0 radical (unpaired) electrons. The third-order valence-electron chi connectivity index (χ3n) is 3.66. The summed E-state index contributed by atoms with van der Waals surface area (Å²) >= 11 is 0. The quantitative estimate of drug-likeness (QED) is 0.508. The minimum atomic E-state index is -0.539. The number of hydrogen-bond donors (Lipinski definition) is 2. The fourth-order valence-electron chi connectivity index (χ4n) is 2.40. The number of benzene rings is 2. The van der Waals surface area contributed by atoms with Crippen LogP contribution in [0.25, 0.3) is 0 Å². The van der Waals surface area contributed by atoms with Gasteiger partial charge in [-0.15, -0.1) is 0 Å². The molecule has 2 N–H and O–H groups in total. The van der Waals surface area contributed by atoms with Crippen LogP contribution in [-0.2, 0) is 0 Å². The Morgan fingerprint density at radius 3 is 2.67 bits per heavy atom. The highest BCUT2D eigenvalue weighted by Crippen LogP contribution is 2.30. The van der Waals surface area contributed by atoms with Gasteiger partial charge in [0.15, 0.2) is 0 Å². The van der Waals surface area contributed by atoms with Gasteiger partial charge in [-0.3, -0.25) is 14.9 Å². The molecule has 3 aromatic rings. The van der Waals surface area contributed by atoms with Crippen molar-refractivity contribution in [3.63, 3.8) is 0 Å². The zero-order valence-corrected chi connectivity index (χ0v) is 14.4. The lowest BCUT2D eigenvalue weighted by atomic mass is 10.1. The summed E-state index contributed by atoms with van der Waals surface area (Å²) in [6.07, 6.45) is 1.62. The average Bonchev–Trinajstić information content (AvgIpc) is 2.68. The number of nitro benzene ring substituents is 1. The standard InChI is InChI=1S/C19H16N4O4/c1-20-19(24)13-8-9-16(17(11-13)23(25)26)22-14-5-4-6-15(12-14)27-18-7-2-3-10-21-18/h2-12,22H,1H3,(H,20,24). The second-order valence-corrected chi connectivity index (χ2v) is 5.49. The molecule has 8 nitrogen and oxygen atoms in total. The average molecular weight is 364 g/mol. The normalized spacial score (nSPS) is 10.1. The van der Waals surface area contributed by atoms with Crippen LogP contribution >= 0.6 is 0 Å². The maximum absolute atomic E-state index is 11.7. The number of nitro groups is 1. The summed E-state index contributed by atoms with van der Waals surface area (Å²) in [7, 11) is 1.47. The van der Waals surface area contributed by atoms with Crippen LogP contribution in [0.1, 0.15) is 10.4 Å². The number of aromatic nitrogens is 1. The first-order valence-corrected chi connectivity index (χ1v) is 8.03. The Morgan fingerprint density at radius 2 is 1.96 bits per heavy atom. The molecule has 0 aliphatic heterocycles. The monoisotopic (exact) mass is 364 g/mol. The zero-order chi connectivity index (χ0) is 19.2. The summed E-state index contributed by atoms with van der Waals surface area (Å²) in [6.45, 7) is 0. The molecular formula is C19H16N4O4. The van der Waals surface area contributed by atoms with Crippen molar-refractivity contribution in [2.75, 3.05) is 12.4 Å². The fourth-order valence-corrected chi connectivity index (χ4v) is 2.40. The molecule has 1 aromatic heterocycles. The van der Waals surface area contributed by atoms with Gasteiger partial charge in [-0.25, -0.2) is 4.98 Å². The first-order chi connectivity index (χ1) is 13.1. The van der Waals surface area contributed by atoms with Crippen molar-refractivity contribution in [3.05, 3.63) is 82.5 Å². The molecule has 3 rings (SSSR count). The number of rotatable bonds is 6. The minimum absolute atomic E-state index is 0.202. The molecule has 0 saturated carbocycles. The highest BCUT2D eigenvalue weighted by atomic mass is 16.6. The molecule has 0 spiro atoms. The van der Waals surface area contributed by atoms with E-state index < -0.39 is 10.8 Å². The lowest BCUT2D eigenvalue weighted by molar-refractivity contribution is -0.383. The molecule has 1 amide bonds. The first-order valence-electron chi connectivity index (χ1n) is 8.03. The number of pyridine rings is 1. The van der Waals surface area contributed by atoms with Crippen molar-refractivity contribution in [1.82, 2.24) is 10.3 Å². The van der Waals surface area contributed by atoms with E-state index in [9.17, 15) is 14.9 Å². The van der Waals surface area contributed by atoms with Crippen LogP contribution < -0.4 is 15.4 Å². The van der Waals surface area contributed by atoms with E-state index in [0.29, 0.717) is 17.3 Å². The second kappa shape index (κ2) is 7.96. The van der Waals surface area contributed by atoms with Crippen LogP contribution in [0.15, 0.2) is 66.9 Å². The highest BCUT2D eigenvalue weighted by molar-refractivity contribution is 5.95. The van der Waals surface area contributed by atoms with Crippen molar-refractivity contribution in [2.24, 2.45) is 0 Å².